The van der Waals surface area contributed by atoms with Crippen LogP contribution < -0.4 is 16.4 Å². The smallest absolute Gasteiger partial charge is 0.248 e. The quantitative estimate of drug-likeness (QED) is 0.586. The van der Waals surface area contributed by atoms with Gasteiger partial charge in [0.2, 0.25) is 11.9 Å². The molecule has 31 heavy (non-hydrogen) atoms. The molecular formula is C23H30N8. The number of nitrogens with two attached hydrogens (primary N) is 1. The van der Waals surface area contributed by atoms with Crippen LogP contribution in [0.5, 0.6) is 0 Å². The third-order valence-electron chi connectivity index (χ3n) is 6.50. The Morgan fingerprint density at radius 2 is 1.74 bits per heavy atom. The molecule has 8 nitrogen and oxygen atoms in total. The van der Waals surface area contributed by atoms with Gasteiger partial charge in [-0.1, -0.05) is 18.2 Å². The average Bonchev–Trinajstić information content (AvgIpc) is 3.21. The molecule has 2 aromatic heterocycles. The molecule has 0 spiro atoms. The van der Waals surface area contributed by atoms with Crippen molar-refractivity contribution in [2.75, 3.05) is 37.2 Å². The highest BCUT2D eigenvalue weighted by atomic mass is 15.4. The van der Waals surface area contributed by atoms with Crippen LogP contribution in [-0.4, -0.2) is 56.9 Å². The van der Waals surface area contributed by atoms with Crippen molar-refractivity contribution in [1.82, 2.24) is 30.0 Å². The molecule has 1 saturated heterocycles. The van der Waals surface area contributed by atoms with Crippen molar-refractivity contribution in [2.24, 2.45) is 0 Å². The van der Waals surface area contributed by atoms with Crippen LogP contribution in [0.1, 0.15) is 37.2 Å². The number of anilines is 3. The Morgan fingerprint density at radius 3 is 2.45 bits per heavy atom. The lowest BCUT2D eigenvalue weighted by Crippen LogP contribution is -2.49. The van der Waals surface area contributed by atoms with E-state index in [9.17, 15) is 0 Å². The first-order valence-corrected chi connectivity index (χ1v) is 11.2. The van der Waals surface area contributed by atoms with Crippen LogP contribution in [0.25, 0.3) is 5.82 Å². The van der Waals surface area contributed by atoms with Crippen LogP contribution in [-0.2, 0) is 0 Å². The van der Waals surface area contributed by atoms with Gasteiger partial charge in [0, 0.05) is 44.1 Å². The zero-order chi connectivity index (χ0) is 21.0. The van der Waals surface area contributed by atoms with E-state index in [1.807, 2.05) is 18.2 Å². The SMILES string of the molecule is Nc1nc(Nc2ccc([C@H]3CC[C@@H](N4CCNCC4)CC3)cc2)nn1-c1ccccn1. The van der Waals surface area contributed by atoms with Crippen molar-refractivity contribution in [3.05, 3.63) is 54.2 Å². The van der Waals surface area contributed by atoms with Gasteiger partial charge in [-0.3, -0.25) is 4.90 Å². The molecule has 1 aliphatic carbocycles. The molecule has 1 aliphatic heterocycles. The Labute approximate surface area is 182 Å². The second-order valence-electron chi connectivity index (χ2n) is 8.43. The Hall–Kier alpha value is -2.97. The van der Waals surface area contributed by atoms with Gasteiger partial charge in [-0.05, 0) is 61.4 Å². The third-order valence-corrected chi connectivity index (χ3v) is 6.50. The molecule has 0 radical (unpaired) electrons. The van der Waals surface area contributed by atoms with Crippen molar-refractivity contribution in [2.45, 2.75) is 37.6 Å². The molecule has 3 heterocycles. The van der Waals surface area contributed by atoms with E-state index in [1.54, 1.807) is 6.20 Å². The molecule has 2 fully saturated rings. The summed E-state index contributed by atoms with van der Waals surface area (Å²) in [4.78, 5) is 11.3. The maximum Gasteiger partial charge on any atom is 0.248 e. The van der Waals surface area contributed by atoms with E-state index >= 15 is 0 Å². The maximum atomic E-state index is 6.02. The molecule has 0 atom stereocenters. The van der Waals surface area contributed by atoms with E-state index in [0.29, 0.717) is 23.6 Å². The molecule has 3 aromatic rings. The van der Waals surface area contributed by atoms with E-state index in [-0.39, 0.29) is 0 Å². The molecular weight excluding hydrogens is 388 g/mol. The van der Waals surface area contributed by atoms with Crippen LogP contribution in [0, 0.1) is 0 Å². The lowest BCUT2D eigenvalue weighted by atomic mass is 9.81. The van der Waals surface area contributed by atoms with Crippen LogP contribution in [0.15, 0.2) is 48.7 Å². The first kappa shape index (κ1) is 20.0. The first-order valence-electron chi connectivity index (χ1n) is 11.2. The number of rotatable bonds is 5. The van der Waals surface area contributed by atoms with Gasteiger partial charge in [0.1, 0.15) is 0 Å². The second kappa shape index (κ2) is 9.03. The van der Waals surface area contributed by atoms with Crippen molar-refractivity contribution in [3.63, 3.8) is 0 Å². The Balaban J connectivity index is 1.19. The summed E-state index contributed by atoms with van der Waals surface area (Å²) in [7, 11) is 0. The molecule has 0 amide bonds. The summed E-state index contributed by atoms with van der Waals surface area (Å²) in [6.07, 6.45) is 6.86. The van der Waals surface area contributed by atoms with Gasteiger partial charge < -0.3 is 16.4 Å². The molecule has 2 aliphatic rings. The van der Waals surface area contributed by atoms with E-state index in [2.05, 4.69) is 54.9 Å². The summed E-state index contributed by atoms with van der Waals surface area (Å²) in [5, 5.41) is 11.1. The van der Waals surface area contributed by atoms with E-state index in [4.69, 9.17) is 5.73 Å². The Morgan fingerprint density at radius 1 is 0.968 bits per heavy atom. The molecule has 0 unspecified atom stereocenters. The fraction of sp³-hybridized carbons (Fsp3) is 0.435. The predicted octanol–water partition coefficient (Wildman–Crippen LogP) is 2.92. The first-order chi connectivity index (χ1) is 15.3. The van der Waals surface area contributed by atoms with Crippen LogP contribution in [0.3, 0.4) is 0 Å². The summed E-state index contributed by atoms with van der Waals surface area (Å²) in [5.41, 5.74) is 8.40. The maximum absolute atomic E-state index is 6.02. The third kappa shape index (κ3) is 4.55. The summed E-state index contributed by atoms with van der Waals surface area (Å²) in [6.45, 7) is 4.67. The number of benzene rings is 1. The van der Waals surface area contributed by atoms with E-state index in [0.717, 1.165) is 24.8 Å². The fourth-order valence-electron chi connectivity index (χ4n) is 4.81. The number of aromatic nitrogens is 4. The number of hydrogen-bond acceptors (Lipinski definition) is 7. The van der Waals surface area contributed by atoms with E-state index in [1.165, 1.54) is 49.0 Å². The minimum absolute atomic E-state index is 0.305. The molecule has 4 N–H and O–H groups in total. The van der Waals surface area contributed by atoms with Crippen molar-refractivity contribution < 1.29 is 0 Å². The van der Waals surface area contributed by atoms with Gasteiger partial charge in [0.25, 0.3) is 0 Å². The highest BCUT2D eigenvalue weighted by Gasteiger charge is 2.27. The van der Waals surface area contributed by atoms with Crippen LogP contribution in [0.4, 0.5) is 17.6 Å². The average molecular weight is 419 g/mol. The molecule has 162 valence electrons. The van der Waals surface area contributed by atoms with Gasteiger partial charge in [0.15, 0.2) is 5.82 Å². The zero-order valence-corrected chi connectivity index (χ0v) is 17.7. The number of piperazine rings is 1. The van der Waals surface area contributed by atoms with Gasteiger partial charge in [0.05, 0.1) is 0 Å². The zero-order valence-electron chi connectivity index (χ0n) is 17.7. The summed E-state index contributed by atoms with van der Waals surface area (Å²) < 4.78 is 1.54. The second-order valence-corrected chi connectivity index (χ2v) is 8.43. The normalized spacial score (nSPS) is 22.3. The van der Waals surface area contributed by atoms with Gasteiger partial charge in [-0.2, -0.15) is 9.67 Å². The van der Waals surface area contributed by atoms with Gasteiger partial charge in [-0.15, -0.1) is 5.10 Å². The number of nitrogens with zero attached hydrogens (tertiary/aromatic N) is 5. The lowest BCUT2D eigenvalue weighted by molar-refractivity contribution is 0.133. The summed E-state index contributed by atoms with van der Waals surface area (Å²) in [5.74, 6) is 2.07. The van der Waals surface area contributed by atoms with Crippen molar-refractivity contribution in [1.29, 1.82) is 0 Å². The molecule has 1 aromatic carbocycles. The minimum atomic E-state index is 0.305. The largest absolute Gasteiger partial charge is 0.368 e. The molecule has 0 bridgehead atoms. The number of pyridine rings is 1. The van der Waals surface area contributed by atoms with Crippen molar-refractivity contribution >= 4 is 17.6 Å². The minimum Gasteiger partial charge on any atom is -0.368 e. The summed E-state index contributed by atoms with van der Waals surface area (Å²) in [6, 6.07) is 15.0. The topological polar surface area (TPSA) is 96.9 Å². The van der Waals surface area contributed by atoms with Crippen LogP contribution in [0.2, 0.25) is 0 Å². The predicted molar refractivity (Wildman–Crippen MR) is 123 cm³/mol. The molecule has 1 saturated carbocycles. The fourth-order valence-corrected chi connectivity index (χ4v) is 4.81. The van der Waals surface area contributed by atoms with Crippen LogP contribution >= 0.6 is 0 Å². The lowest BCUT2D eigenvalue weighted by Gasteiger charge is -2.39. The Kier molecular flexibility index (Phi) is 5.82. The number of nitrogen functional groups attached to an aromatic ring is 1. The van der Waals surface area contributed by atoms with E-state index < -0.39 is 0 Å². The Bertz CT molecular complexity index is 971. The molecule has 5 rings (SSSR count). The van der Waals surface area contributed by atoms with Gasteiger partial charge in [-0.25, -0.2) is 4.98 Å². The molecule has 8 heteroatoms. The number of hydrogen-bond donors (Lipinski definition) is 3. The monoisotopic (exact) mass is 418 g/mol. The highest BCUT2D eigenvalue weighted by molar-refractivity contribution is 5.55. The van der Waals surface area contributed by atoms with Gasteiger partial charge >= 0.3 is 0 Å². The van der Waals surface area contributed by atoms with Crippen molar-refractivity contribution in [3.8, 4) is 5.82 Å². The summed E-state index contributed by atoms with van der Waals surface area (Å²) >= 11 is 0. The highest BCUT2D eigenvalue weighted by Crippen LogP contribution is 2.35. The number of nitrogens with one attached hydrogen (secondary N) is 2. The standard InChI is InChI=1S/C23H30N8/c24-22-28-23(29-31(22)21-3-1-2-12-26-21)27-19-8-4-17(5-9-19)18-6-10-20(11-7-18)30-15-13-25-14-16-30/h1-5,8-9,12,18,20,25H,6-7,10-11,13-16H2,(H3,24,27,28,29)/t18-,20+.